The lowest BCUT2D eigenvalue weighted by atomic mass is 9.83. The highest BCUT2D eigenvalue weighted by atomic mass is 32.2. The van der Waals surface area contributed by atoms with E-state index in [1.807, 2.05) is 0 Å². The molecule has 0 aromatic carbocycles. The molecule has 0 radical (unpaired) electrons. The van der Waals surface area contributed by atoms with Gasteiger partial charge >= 0.3 is 0 Å². The van der Waals surface area contributed by atoms with Crippen molar-refractivity contribution in [1.29, 1.82) is 0 Å². The summed E-state index contributed by atoms with van der Waals surface area (Å²) in [7, 11) is 0. The van der Waals surface area contributed by atoms with Crippen LogP contribution in [0.3, 0.4) is 0 Å². The third kappa shape index (κ3) is 3.39. The van der Waals surface area contributed by atoms with Crippen LogP contribution < -0.4 is 5.32 Å². The fourth-order valence-electron chi connectivity index (χ4n) is 3.22. The van der Waals surface area contributed by atoms with E-state index in [0.29, 0.717) is 0 Å². The average Bonchev–Trinajstić information content (AvgIpc) is 3.07. The van der Waals surface area contributed by atoms with Crippen molar-refractivity contribution in [3.8, 4) is 0 Å². The maximum Gasteiger partial charge on any atom is 0.0783 e. The Morgan fingerprint density at radius 2 is 2.24 bits per heavy atom. The molecule has 2 nitrogen and oxygen atoms in total. The first kappa shape index (κ1) is 12.3. The summed E-state index contributed by atoms with van der Waals surface area (Å²) in [5, 5.41) is 3.62. The molecule has 3 aliphatic rings. The van der Waals surface area contributed by atoms with Crippen LogP contribution >= 0.6 is 11.8 Å². The number of hydrogen-bond acceptors (Lipinski definition) is 3. The Balaban J connectivity index is 1.37. The first-order chi connectivity index (χ1) is 8.36. The third-order valence-corrected chi connectivity index (χ3v) is 5.68. The second kappa shape index (κ2) is 5.50. The van der Waals surface area contributed by atoms with Gasteiger partial charge in [0.1, 0.15) is 0 Å². The predicted octanol–water partition coefficient (Wildman–Crippen LogP) is 2.82. The number of thioether (sulfide) groups is 1. The van der Waals surface area contributed by atoms with Crippen LogP contribution in [-0.4, -0.2) is 36.3 Å². The molecule has 2 atom stereocenters. The molecule has 2 heterocycles. The molecule has 3 fully saturated rings. The molecule has 1 aliphatic carbocycles. The van der Waals surface area contributed by atoms with E-state index >= 15 is 0 Å². The molecule has 0 aromatic rings. The molecule has 17 heavy (non-hydrogen) atoms. The highest BCUT2D eigenvalue weighted by molar-refractivity contribution is 7.99. The molecule has 0 amide bonds. The second-order valence-electron chi connectivity index (χ2n) is 6.06. The van der Waals surface area contributed by atoms with Crippen LogP contribution in [-0.2, 0) is 4.74 Å². The summed E-state index contributed by atoms with van der Waals surface area (Å²) in [6, 6.07) is 0.877. The highest BCUT2D eigenvalue weighted by Gasteiger charge is 2.40. The molecule has 2 unspecified atom stereocenters. The van der Waals surface area contributed by atoms with Crippen LogP contribution in [0.2, 0.25) is 0 Å². The molecule has 2 saturated heterocycles. The largest absolute Gasteiger partial charge is 0.374 e. The summed E-state index contributed by atoms with van der Waals surface area (Å²) >= 11 is 2.08. The van der Waals surface area contributed by atoms with E-state index < -0.39 is 0 Å². The zero-order valence-electron chi connectivity index (χ0n) is 10.7. The Kier molecular flexibility index (Phi) is 3.98. The van der Waals surface area contributed by atoms with Crippen LogP contribution in [0.1, 0.15) is 44.9 Å². The second-order valence-corrected chi connectivity index (χ2v) is 7.17. The van der Waals surface area contributed by atoms with Crippen molar-refractivity contribution in [1.82, 2.24) is 5.32 Å². The van der Waals surface area contributed by atoms with E-state index in [-0.39, 0.29) is 5.60 Å². The Bertz CT molecular complexity index is 249. The van der Waals surface area contributed by atoms with E-state index in [0.717, 1.165) is 18.6 Å². The van der Waals surface area contributed by atoms with Crippen molar-refractivity contribution in [2.24, 2.45) is 5.92 Å². The summed E-state index contributed by atoms with van der Waals surface area (Å²) in [5.74, 6) is 3.50. The lowest BCUT2D eigenvalue weighted by Gasteiger charge is -2.37. The first-order valence-electron chi connectivity index (χ1n) is 7.31. The summed E-state index contributed by atoms with van der Waals surface area (Å²) in [6.07, 6.45) is 9.54. The van der Waals surface area contributed by atoms with Gasteiger partial charge in [0, 0.05) is 18.4 Å². The van der Waals surface area contributed by atoms with E-state index in [4.69, 9.17) is 4.74 Å². The summed E-state index contributed by atoms with van der Waals surface area (Å²) < 4.78 is 6.07. The van der Waals surface area contributed by atoms with Crippen LogP contribution in [0.5, 0.6) is 0 Å². The Morgan fingerprint density at radius 3 is 3.00 bits per heavy atom. The number of nitrogens with one attached hydrogen (secondary N) is 1. The molecule has 98 valence electrons. The van der Waals surface area contributed by atoms with Gasteiger partial charge in [-0.15, -0.1) is 0 Å². The molecule has 0 aromatic heterocycles. The number of ether oxygens (including phenoxy) is 1. The minimum Gasteiger partial charge on any atom is -0.374 e. The van der Waals surface area contributed by atoms with Crippen LogP contribution in [0.4, 0.5) is 0 Å². The van der Waals surface area contributed by atoms with Gasteiger partial charge in [-0.25, -0.2) is 0 Å². The standard InChI is InChI=1S/C14H25NOS/c1(7-15-13-3-4-13)2-12-5-8-16-14(10-12)6-9-17-11-14/h12-13,15H,1-11H2. The molecule has 0 bridgehead atoms. The fraction of sp³-hybridized carbons (Fsp3) is 1.00. The molecule has 1 spiro atoms. The Hall–Kier alpha value is 0.270. The van der Waals surface area contributed by atoms with Gasteiger partial charge in [-0.2, -0.15) is 11.8 Å². The molecule has 1 saturated carbocycles. The van der Waals surface area contributed by atoms with Crippen molar-refractivity contribution >= 4 is 11.8 Å². The summed E-state index contributed by atoms with van der Waals surface area (Å²) in [4.78, 5) is 0. The smallest absolute Gasteiger partial charge is 0.0783 e. The number of rotatable bonds is 5. The Labute approximate surface area is 109 Å². The van der Waals surface area contributed by atoms with Gasteiger partial charge in [0.15, 0.2) is 0 Å². The zero-order chi connectivity index (χ0) is 11.6. The van der Waals surface area contributed by atoms with Crippen LogP contribution in [0, 0.1) is 5.92 Å². The lowest BCUT2D eigenvalue weighted by molar-refractivity contribution is -0.0807. The van der Waals surface area contributed by atoms with Crippen molar-refractivity contribution in [3.05, 3.63) is 0 Å². The minimum absolute atomic E-state index is 0.289. The highest BCUT2D eigenvalue weighted by Crippen LogP contribution is 2.41. The molecular weight excluding hydrogens is 230 g/mol. The minimum atomic E-state index is 0.289. The maximum atomic E-state index is 6.07. The predicted molar refractivity (Wildman–Crippen MR) is 73.6 cm³/mol. The van der Waals surface area contributed by atoms with Crippen molar-refractivity contribution in [2.45, 2.75) is 56.6 Å². The fourth-order valence-corrected chi connectivity index (χ4v) is 4.60. The van der Waals surface area contributed by atoms with E-state index in [1.165, 1.54) is 63.0 Å². The van der Waals surface area contributed by atoms with Gasteiger partial charge in [-0.1, -0.05) is 0 Å². The monoisotopic (exact) mass is 255 g/mol. The number of hydrogen-bond donors (Lipinski definition) is 1. The van der Waals surface area contributed by atoms with E-state index in [9.17, 15) is 0 Å². The van der Waals surface area contributed by atoms with Crippen molar-refractivity contribution in [2.75, 3.05) is 24.7 Å². The van der Waals surface area contributed by atoms with Crippen molar-refractivity contribution < 1.29 is 4.74 Å². The first-order valence-corrected chi connectivity index (χ1v) is 8.47. The lowest BCUT2D eigenvalue weighted by Crippen LogP contribution is -2.40. The van der Waals surface area contributed by atoms with Gasteiger partial charge in [-0.05, 0) is 63.2 Å². The van der Waals surface area contributed by atoms with Gasteiger partial charge in [0.25, 0.3) is 0 Å². The summed E-state index contributed by atoms with van der Waals surface area (Å²) in [6.45, 7) is 2.26. The van der Waals surface area contributed by atoms with Crippen molar-refractivity contribution in [3.63, 3.8) is 0 Å². The molecule has 3 rings (SSSR count). The zero-order valence-corrected chi connectivity index (χ0v) is 11.6. The Morgan fingerprint density at radius 1 is 1.29 bits per heavy atom. The normalized spacial score (nSPS) is 37.8. The van der Waals surface area contributed by atoms with Gasteiger partial charge in [0.2, 0.25) is 0 Å². The maximum absolute atomic E-state index is 6.07. The average molecular weight is 255 g/mol. The van der Waals surface area contributed by atoms with Crippen LogP contribution in [0.15, 0.2) is 0 Å². The molecule has 1 N–H and O–H groups in total. The van der Waals surface area contributed by atoms with Gasteiger partial charge in [-0.3, -0.25) is 0 Å². The molecule has 3 heteroatoms. The van der Waals surface area contributed by atoms with Gasteiger partial charge < -0.3 is 10.1 Å². The van der Waals surface area contributed by atoms with Crippen LogP contribution in [0.25, 0.3) is 0 Å². The van der Waals surface area contributed by atoms with E-state index in [2.05, 4.69) is 17.1 Å². The summed E-state index contributed by atoms with van der Waals surface area (Å²) in [5.41, 5.74) is 0.289. The SMILES string of the molecule is C(CNC1CC1)CC1CCOC2(CCSC2)C1. The van der Waals surface area contributed by atoms with Gasteiger partial charge in [0.05, 0.1) is 5.60 Å². The third-order valence-electron chi connectivity index (χ3n) is 4.46. The molecule has 2 aliphatic heterocycles. The van der Waals surface area contributed by atoms with E-state index in [1.54, 1.807) is 0 Å². The topological polar surface area (TPSA) is 21.3 Å². The molecular formula is C14H25NOS. The quantitative estimate of drug-likeness (QED) is 0.763.